The molecule has 102 valence electrons. The van der Waals surface area contributed by atoms with Gasteiger partial charge in [-0.05, 0) is 24.8 Å². The number of ether oxygens (including phenoxy) is 1. The summed E-state index contributed by atoms with van der Waals surface area (Å²) in [4.78, 5) is 23.4. The lowest BCUT2D eigenvalue weighted by Crippen LogP contribution is -2.36. The standard InChI is InChI=1S/C14H16FNO3/c15-12-10-19-14(18)16(12)13(17)9-5-4-8-11-6-2-1-3-7-11/h1-3,6-7,12H,4-5,8-10H2. The predicted octanol–water partition coefficient (Wildman–Crippen LogP) is 2.67. The number of cyclic esters (lactones) is 1. The third-order valence-electron chi connectivity index (χ3n) is 3.04. The van der Waals surface area contributed by atoms with Crippen LogP contribution in [0.25, 0.3) is 0 Å². The number of imide groups is 1. The van der Waals surface area contributed by atoms with E-state index in [2.05, 4.69) is 4.74 Å². The molecule has 4 nitrogen and oxygen atoms in total. The lowest BCUT2D eigenvalue weighted by molar-refractivity contribution is -0.131. The number of benzene rings is 1. The van der Waals surface area contributed by atoms with E-state index in [9.17, 15) is 14.0 Å². The van der Waals surface area contributed by atoms with Crippen LogP contribution in [0, 0.1) is 0 Å². The van der Waals surface area contributed by atoms with E-state index in [1.165, 1.54) is 5.56 Å². The first kappa shape index (κ1) is 13.5. The van der Waals surface area contributed by atoms with Crippen LogP contribution in [0.1, 0.15) is 24.8 Å². The van der Waals surface area contributed by atoms with Crippen molar-refractivity contribution in [2.24, 2.45) is 0 Å². The van der Waals surface area contributed by atoms with Crippen LogP contribution >= 0.6 is 0 Å². The summed E-state index contributed by atoms with van der Waals surface area (Å²) < 4.78 is 17.7. The van der Waals surface area contributed by atoms with Crippen molar-refractivity contribution in [3.8, 4) is 0 Å². The van der Waals surface area contributed by atoms with E-state index in [0.29, 0.717) is 11.3 Å². The predicted molar refractivity (Wildman–Crippen MR) is 67.1 cm³/mol. The van der Waals surface area contributed by atoms with Gasteiger partial charge >= 0.3 is 6.09 Å². The highest BCUT2D eigenvalue weighted by molar-refractivity contribution is 5.93. The van der Waals surface area contributed by atoms with Gasteiger partial charge in [0.1, 0.15) is 6.61 Å². The molecule has 0 radical (unpaired) electrons. The van der Waals surface area contributed by atoms with Crippen molar-refractivity contribution < 1.29 is 18.7 Å². The van der Waals surface area contributed by atoms with Crippen molar-refractivity contribution in [2.45, 2.75) is 32.0 Å². The summed E-state index contributed by atoms with van der Waals surface area (Å²) in [6, 6.07) is 9.94. The van der Waals surface area contributed by atoms with Crippen LogP contribution in [0.5, 0.6) is 0 Å². The molecule has 0 aliphatic carbocycles. The summed E-state index contributed by atoms with van der Waals surface area (Å²) in [6.07, 6.45) is -0.00513. The largest absolute Gasteiger partial charge is 0.444 e. The molecule has 2 rings (SSSR count). The lowest BCUT2D eigenvalue weighted by atomic mass is 10.1. The van der Waals surface area contributed by atoms with Crippen molar-refractivity contribution in [3.05, 3.63) is 35.9 Å². The van der Waals surface area contributed by atoms with Gasteiger partial charge < -0.3 is 4.74 Å². The van der Waals surface area contributed by atoms with E-state index in [0.717, 1.165) is 12.8 Å². The Kier molecular flexibility index (Phi) is 4.49. The number of amides is 2. The Labute approximate surface area is 111 Å². The zero-order chi connectivity index (χ0) is 13.7. The zero-order valence-electron chi connectivity index (χ0n) is 10.5. The average molecular weight is 265 g/mol. The van der Waals surface area contributed by atoms with Crippen LogP contribution < -0.4 is 0 Å². The minimum atomic E-state index is -1.63. The zero-order valence-corrected chi connectivity index (χ0v) is 10.5. The molecule has 1 unspecified atom stereocenters. The Morgan fingerprint density at radius 2 is 2.05 bits per heavy atom. The van der Waals surface area contributed by atoms with E-state index in [-0.39, 0.29) is 13.0 Å². The highest BCUT2D eigenvalue weighted by atomic mass is 19.1. The minimum Gasteiger partial charge on any atom is -0.444 e. The molecule has 0 saturated carbocycles. The summed E-state index contributed by atoms with van der Waals surface area (Å²) in [7, 11) is 0. The van der Waals surface area contributed by atoms with Gasteiger partial charge in [0, 0.05) is 6.42 Å². The van der Waals surface area contributed by atoms with Crippen molar-refractivity contribution in [2.75, 3.05) is 6.61 Å². The summed E-state index contributed by atoms with van der Waals surface area (Å²) >= 11 is 0. The molecule has 0 bridgehead atoms. The summed E-state index contributed by atoms with van der Waals surface area (Å²) in [5, 5.41) is 0. The first-order chi connectivity index (χ1) is 9.18. The van der Waals surface area contributed by atoms with Crippen LogP contribution in [0.2, 0.25) is 0 Å². The third-order valence-corrected chi connectivity index (χ3v) is 3.04. The molecule has 1 aromatic rings. The summed E-state index contributed by atoms with van der Waals surface area (Å²) in [5.41, 5.74) is 1.21. The number of alkyl halides is 1. The molecule has 1 aliphatic rings. The van der Waals surface area contributed by atoms with Crippen LogP contribution in [0.15, 0.2) is 30.3 Å². The second-order valence-electron chi connectivity index (χ2n) is 4.47. The van der Waals surface area contributed by atoms with E-state index < -0.39 is 18.3 Å². The number of carbonyl (C=O) groups is 2. The number of aryl methyl sites for hydroxylation is 1. The molecule has 0 aromatic heterocycles. The van der Waals surface area contributed by atoms with Crippen LogP contribution in [-0.2, 0) is 16.0 Å². The van der Waals surface area contributed by atoms with E-state index in [1.807, 2.05) is 30.3 Å². The molecular formula is C14H16FNO3. The first-order valence-corrected chi connectivity index (χ1v) is 6.35. The number of carbonyl (C=O) groups excluding carboxylic acids is 2. The minimum absolute atomic E-state index is 0.169. The Hall–Kier alpha value is -1.91. The number of halogens is 1. The van der Waals surface area contributed by atoms with Gasteiger partial charge in [0.15, 0.2) is 0 Å². The maximum absolute atomic E-state index is 13.2. The maximum atomic E-state index is 13.2. The summed E-state index contributed by atoms with van der Waals surface area (Å²) in [5.74, 6) is -0.497. The molecule has 1 fully saturated rings. The topological polar surface area (TPSA) is 46.6 Å². The molecule has 0 spiro atoms. The Balaban J connectivity index is 1.71. The number of nitrogens with zero attached hydrogens (tertiary/aromatic N) is 1. The van der Waals surface area contributed by atoms with Crippen LogP contribution in [0.4, 0.5) is 9.18 Å². The second kappa shape index (κ2) is 6.31. The van der Waals surface area contributed by atoms with Gasteiger partial charge in [-0.2, -0.15) is 0 Å². The monoisotopic (exact) mass is 265 g/mol. The molecule has 5 heteroatoms. The quantitative estimate of drug-likeness (QED) is 0.607. The molecule has 0 N–H and O–H groups in total. The van der Waals surface area contributed by atoms with Crippen molar-refractivity contribution >= 4 is 12.0 Å². The van der Waals surface area contributed by atoms with Gasteiger partial charge in [0.25, 0.3) is 0 Å². The molecular weight excluding hydrogens is 249 g/mol. The number of rotatable bonds is 5. The van der Waals surface area contributed by atoms with E-state index in [4.69, 9.17) is 0 Å². The molecule has 19 heavy (non-hydrogen) atoms. The molecule has 1 heterocycles. The number of hydrogen-bond acceptors (Lipinski definition) is 3. The van der Waals surface area contributed by atoms with Gasteiger partial charge in [0.2, 0.25) is 12.2 Å². The maximum Gasteiger partial charge on any atom is 0.419 e. The van der Waals surface area contributed by atoms with Gasteiger partial charge in [-0.25, -0.2) is 14.1 Å². The Morgan fingerprint density at radius 3 is 2.68 bits per heavy atom. The fraction of sp³-hybridized carbons (Fsp3) is 0.429. The fourth-order valence-electron chi connectivity index (χ4n) is 2.03. The van der Waals surface area contributed by atoms with Crippen molar-refractivity contribution in [3.63, 3.8) is 0 Å². The lowest BCUT2D eigenvalue weighted by Gasteiger charge is -2.12. The highest BCUT2D eigenvalue weighted by Crippen LogP contribution is 2.16. The van der Waals surface area contributed by atoms with E-state index in [1.54, 1.807) is 0 Å². The van der Waals surface area contributed by atoms with Gasteiger partial charge in [-0.1, -0.05) is 30.3 Å². The van der Waals surface area contributed by atoms with Gasteiger partial charge in [0.05, 0.1) is 0 Å². The average Bonchev–Trinajstić information content (AvgIpc) is 2.75. The molecule has 1 aliphatic heterocycles. The van der Waals surface area contributed by atoms with Gasteiger partial charge in [-0.15, -0.1) is 0 Å². The normalized spacial score (nSPS) is 18.5. The Morgan fingerprint density at radius 1 is 1.32 bits per heavy atom. The number of hydrogen-bond donors (Lipinski definition) is 0. The first-order valence-electron chi connectivity index (χ1n) is 6.35. The Bertz CT molecular complexity index is 449. The van der Waals surface area contributed by atoms with E-state index >= 15 is 0 Å². The fourth-order valence-corrected chi connectivity index (χ4v) is 2.03. The molecule has 1 atom stereocenters. The van der Waals surface area contributed by atoms with Crippen LogP contribution in [0.3, 0.4) is 0 Å². The van der Waals surface area contributed by atoms with Gasteiger partial charge in [-0.3, -0.25) is 4.79 Å². The van der Waals surface area contributed by atoms with Crippen molar-refractivity contribution in [1.82, 2.24) is 4.90 Å². The smallest absolute Gasteiger partial charge is 0.419 e. The van der Waals surface area contributed by atoms with Crippen LogP contribution in [-0.4, -0.2) is 29.8 Å². The molecule has 1 saturated heterocycles. The molecule has 2 amide bonds. The third kappa shape index (κ3) is 3.53. The number of unbranched alkanes of at least 4 members (excludes halogenated alkanes) is 1. The van der Waals surface area contributed by atoms with Crippen molar-refractivity contribution in [1.29, 1.82) is 0 Å². The summed E-state index contributed by atoms with van der Waals surface area (Å²) in [6.45, 7) is -0.353. The highest BCUT2D eigenvalue weighted by Gasteiger charge is 2.37. The SMILES string of the molecule is O=C(CCCCc1ccccc1)N1C(=O)OCC1F. The second-order valence-corrected chi connectivity index (χ2v) is 4.47. The molecule has 1 aromatic carbocycles.